The van der Waals surface area contributed by atoms with E-state index in [2.05, 4.69) is 54.4 Å². The summed E-state index contributed by atoms with van der Waals surface area (Å²) < 4.78 is 2.74. The van der Waals surface area contributed by atoms with E-state index in [1.54, 1.807) is 16.9 Å². The lowest BCUT2D eigenvalue weighted by atomic mass is 10.1. The number of hydrogen-bond acceptors (Lipinski definition) is 4. The molecule has 0 bridgehead atoms. The summed E-state index contributed by atoms with van der Waals surface area (Å²) in [5, 5.41) is 13.7. The van der Waals surface area contributed by atoms with Crippen molar-refractivity contribution in [1.82, 2.24) is 24.8 Å². The van der Waals surface area contributed by atoms with Gasteiger partial charge in [-0.25, -0.2) is 0 Å². The van der Waals surface area contributed by atoms with Crippen LogP contribution in [0, 0.1) is 0 Å². The van der Waals surface area contributed by atoms with E-state index in [0.717, 1.165) is 32.4 Å². The van der Waals surface area contributed by atoms with Crippen molar-refractivity contribution >= 4 is 32.5 Å². The molecule has 0 unspecified atom stereocenters. The molecular weight excluding hydrogens is 330 g/mol. The van der Waals surface area contributed by atoms with Crippen LogP contribution in [0.25, 0.3) is 16.6 Å². The second-order valence-electron chi connectivity index (χ2n) is 4.77. The fourth-order valence-electron chi connectivity index (χ4n) is 2.35. The van der Waals surface area contributed by atoms with Gasteiger partial charge in [0.2, 0.25) is 0 Å². The van der Waals surface area contributed by atoms with Gasteiger partial charge in [0.15, 0.2) is 11.5 Å². The molecule has 0 atom stereocenters. The normalized spacial score (nSPS) is 11.3. The maximum atomic E-state index is 4.38. The van der Waals surface area contributed by atoms with Gasteiger partial charge >= 0.3 is 0 Å². The monoisotopic (exact) mass is 339 g/mol. The van der Waals surface area contributed by atoms with Gasteiger partial charge in [-0.05, 0) is 51.8 Å². The predicted molar refractivity (Wildman–Crippen MR) is 83.0 cm³/mol. The lowest BCUT2D eigenvalue weighted by Gasteiger charge is -2.03. The van der Waals surface area contributed by atoms with Crippen molar-refractivity contribution in [2.24, 2.45) is 0 Å². The molecule has 4 aromatic rings. The quantitative estimate of drug-likeness (QED) is 0.563. The van der Waals surface area contributed by atoms with Gasteiger partial charge in [0.05, 0.1) is 5.52 Å². The summed E-state index contributed by atoms with van der Waals surface area (Å²) in [4.78, 5) is 4.38. The van der Waals surface area contributed by atoms with Crippen molar-refractivity contribution in [3.05, 3.63) is 64.7 Å². The average molecular weight is 340 g/mol. The van der Waals surface area contributed by atoms with Gasteiger partial charge < -0.3 is 0 Å². The van der Waals surface area contributed by atoms with E-state index in [4.69, 9.17) is 0 Å². The highest BCUT2D eigenvalue weighted by Gasteiger charge is 2.07. The molecule has 4 rings (SSSR count). The number of rotatable bonds is 2. The third-order valence-electron chi connectivity index (χ3n) is 3.32. The molecule has 3 heterocycles. The van der Waals surface area contributed by atoms with Crippen molar-refractivity contribution in [2.45, 2.75) is 6.42 Å². The van der Waals surface area contributed by atoms with E-state index in [1.807, 2.05) is 18.2 Å². The van der Waals surface area contributed by atoms with Gasteiger partial charge in [-0.1, -0.05) is 6.07 Å². The minimum Gasteiger partial charge on any atom is -0.255 e. The molecule has 0 aliphatic rings. The number of pyridine rings is 1. The van der Waals surface area contributed by atoms with Crippen molar-refractivity contribution in [3.63, 3.8) is 0 Å². The highest BCUT2D eigenvalue weighted by Crippen LogP contribution is 2.20. The fraction of sp³-hybridized carbons (Fsp3) is 0.0667. The summed E-state index contributed by atoms with van der Waals surface area (Å²) in [6, 6.07) is 12.0. The highest BCUT2D eigenvalue weighted by molar-refractivity contribution is 9.10. The molecule has 6 heteroatoms. The van der Waals surface area contributed by atoms with Crippen LogP contribution in [0.5, 0.6) is 0 Å². The molecule has 1 aromatic carbocycles. The first-order chi connectivity index (χ1) is 10.3. The summed E-state index contributed by atoms with van der Waals surface area (Å²) in [6.07, 6.45) is 4.22. The molecular formula is C15H10BrN5. The SMILES string of the molecule is Brc1cnc2ccc(Cc3nnc4cccnn34)cc2c1. The van der Waals surface area contributed by atoms with Crippen LogP contribution in [-0.4, -0.2) is 24.8 Å². The molecule has 0 aliphatic heterocycles. The third-order valence-corrected chi connectivity index (χ3v) is 3.75. The molecule has 102 valence electrons. The Morgan fingerprint density at radius 1 is 1.10 bits per heavy atom. The van der Waals surface area contributed by atoms with Gasteiger partial charge in [0, 0.05) is 28.7 Å². The molecule has 0 spiro atoms. The second kappa shape index (κ2) is 4.89. The summed E-state index contributed by atoms with van der Waals surface area (Å²) in [7, 11) is 0. The Morgan fingerprint density at radius 2 is 2.05 bits per heavy atom. The van der Waals surface area contributed by atoms with Crippen LogP contribution in [0.3, 0.4) is 0 Å². The Labute approximate surface area is 128 Å². The maximum absolute atomic E-state index is 4.38. The molecule has 0 aliphatic carbocycles. The zero-order valence-corrected chi connectivity index (χ0v) is 12.5. The number of nitrogens with zero attached hydrogens (tertiary/aromatic N) is 5. The molecule has 3 aromatic heterocycles. The van der Waals surface area contributed by atoms with Gasteiger partial charge in [0.1, 0.15) is 0 Å². The van der Waals surface area contributed by atoms with Crippen LogP contribution >= 0.6 is 15.9 Å². The van der Waals surface area contributed by atoms with E-state index in [1.165, 1.54) is 0 Å². The zero-order chi connectivity index (χ0) is 14.2. The summed E-state index contributed by atoms with van der Waals surface area (Å²) in [5.41, 5.74) is 2.89. The first kappa shape index (κ1) is 12.4. The first-order valence-electron chi connectivity index (χ1n) is 6.49. The van der Waals surface area contributed by atoms with Gasteiger partial charge in [-0.2, -0.15) is 9.61 Å². The van der Waals surface area contributed by atoms with E-state index < -0.39 is 0 Å². The molecule has 0 N–H and O–H groups in total. The van der Waals surface area contributed by atoms with E-state index >= 15 is 0 Å². The highest BCUT2D eigenvalue weighted by atomic mass is 79.9. The Balaban J connectivity index is 1.76. The number of benzene rings is 1. The summed E-state index contributed by atoms with van der Waals surface area (Å²) in [6.45, 7) is 0. The van der Waals surface area contributed by atoms with Crippen LogP contribution in [-0.2, 0) is 6.42 Å². The smallest absolute Gasteiger partial charge is 0.177 e. The molecule has 0 fully saturated rings. The third kappa shape index (κ3) is 2.27. The number of aromatic nitrogens is 5. The van der Waals surface area contributed by atoms with Crippen molar-refractivity contribution in [2.75, 3.05) is 0 Å². The summed E-state index contributed by atoms with van der Waals surface area (Å²) >= 11 is 3.45. The molecule has 0 radical (unpaired) electrons. The van der Waals surface area contributed by atoms with Crippen molar-refractivity contribution in [1.29, 1.82) is 0 Å². The summed E-state index contributed by atoms with van der Waals surface area (Å²) in [5.74, 6) is 0.827. The second-order valence-corrected chi connectivity index (χ2v) is 5.68. The zero-order valence-electron chi connectivity index (χ0n) is 10.9. The number of halogens is 1. The molecule has 21 heavy (non-hydrogen) atoms. The number of fused-ring (bicyclic) bond motifs is 2. The molecule has 5 nitrogen and oxygen atoms in total. The van der Waals surface area contributed by atoms with E-state index in [-0.39, 0.29) is 0 Å². The van der Waals surface area contributed by atoms with Crippen LogP contribution in [0.4, 0.5) is 0 Å². The predicted octanol–water partition coefficient (Wildman–Crippen LogP) is 3.03. The topological polar surface area (TPSA) is 56.0 Å². The number of hydrogen-bond donors (Lipinski definition) is 0. The fourth-order valence-corrected chi connectivity index (χ4v) is 2.70. The largest absolute Gasteiger partial charge is 0.255 e. The maximum Gasteiger partial charge on any atom is 0.177 e. The molecule has 0 saturated carbocycles. The van der Waals surface area contributed by atoms with Gasteiger partial charge in [-0.3, -0.25) is 4.98 Å². The molecule has 0 amide bonds. The van der Waals surface area contributed by atoms with Crippen LogP contribution in [0.15, 0.2) is 53.3 Å². The van der Waals surface area contributed by atoms with Crippen LogP contribution in [0.1, 0.15) is 11.4 Å². The first-order valence-corrected chi connectivity index (χ1v) is 7.28. The van der Waals surface area contributed by atoms with Gasteiger partial charge in [-0.15, -0.1) is 10.2 Å². The lowest BCUT2D eigenvalue weighted by Crippen LogP contribution is -1.99. The Morgan fingerprint density at radius 3 is 3.00 bits per heavy atom. The Bertz CT molecular complexity index is 947. The van der Waals surface area contributed by atoms with Crippen molar-refractivity contribution < 1.29 is 0 Å². The Hall–Kier alpha value is -2.34. The average Bonchev–Trinajstić information content (AvgIpc) is 2.90. The standard InChI is InChI=1S/C15H10BrN5/c16-12-8-11-6-10(3-4-13(11)17-9-12)7-15-20-19-14-2-1-5-18-21(14)15/h1-6,8-9H,7H2. The molecule has 0 saturated heterocycles. The van der Waals surface area contributed by atoms with Crippen molar-refractivity contribution in [3.8, 4) is 0 Å². The minimum absolute atomic E-state index is 0.681. The van der Waals surface area contributed by atoms with Crippen LogP contribution in [0.2, 0.25) is 0 Å². The van der Waals surface area contributed by atoms with E-state index in [9.17, 15) is 0 Å². The lowest BCUT2D eigenvalue weighted by molar-refractivity contribution is 0.838. The Kier molecular flexibility index (Phi) is 2.89. The minimum atomic E-state index is 0.681. The van der Waals surface area contributed by atoms with Gasteiger partial charge in [0.25, 0.3) is 0 Å². The van der Waals surface area contributed by atoms with E-state index in [0.29, 0.717) is 6.42 Å². The van der Waals surface area contributed by atoms with Crippen LogP contribution < -0.4 is 0 Å².